The molecule has 120 valence electrons. The Morgan fingerprint density at radius 2 is 1.43 bits per heavy atom. The molecule has 1 rings (SSSR count). The van der Waals surface area contributed by atoms with Crippen LogP contribution in [0.5, 0.6) is 5.75 Å². The van der Waals surface area contributed by atoms with Crippen molar-refractivity contribution in [2.24, 2.45) is 0 Å². The average molecular weight is 311 g/mol. The van der Waals surface area contributed by atoms with Crippen molar-refractivity contribution in [2.45, 2.75) is 78.1 Å². The van der Waals surface area contributed by atoms with Crippen molar-refractivity contribution in [3.63, 3.8) is 0 Å². The van der Waals surface area contributed by atoms with Crippen molar-refractivity contribution in [3.8, 4) is 5.75 Å². The van der Waals surface area contributed by atoms with Gasteiger partial charge in [-0.1, -0.05) is 76.3 Å². The lowest BCUT2D eigenvalue weighted by Crippen LogP contribution is -1.98. The molecule has 0 spiro atoms. The zero-order valence-electron chi connectivity index (χ0n) is 13.8. The molecule has 0 aromatic heterocycles. The maximum atomic E-state index is 5.93. The second-order valence-corrected chi connectivity index (χ2v) is 6.38. The minimum absolute atomic E-state index is 0.777. The summed E-state index contributed by atoms with van der Waals surface area (Å²) < 4.78 is 5.81. The van der Waals surface area contributed by atoms with Gasteiger partial charge in [-0.05, 0) is 37.1 Å². The minimum atomic E-state index is 0.777. The Balaban J connectivity index is 1.93. The van der Waals surface area contributed by atoms with Gasteiger partial charge in [0.2, 0.25) is 0 Å². The quantitative estimate of drug-likeness (QED) is 0.380. The number of ether oxygens (including phenoxy) is 1. The first kappa shape index (κ1) is 18.4. The molecule has 0 aliphatic heterocycles. The normalized spacial score (nSPS) is 10.8. The molecule has 0 aliphatic carbocycles. The zero-order valence-corrected chi connectivity index (χ0v) is 14.6. The predicted molar refractivity (Wildman–Crippen MR) is 93.5 cm³/mol. The van der Waals surface area contributed by atoms with Gasteiger partial charge in [-0.2, -0.15) is 0 Å². The summed E-state index contributed by atoms with van der Waals surface area (Å²) in [6, 6.07) is 5.81. The van der Waals surface area contributed by atoms with Gasteiger partial charge in [-0.25, -0.2) is 0 Å². The molecule has 0 bridgehead atoms. The zero-order chi connectivity index (χ0) is 15.3. The van der Waals surface area contributed by atoms with Crippen molar-refractivity contribution in [3.05, 3.63) is 28.8 Å². The largest absolute Gasteiger partial charge is 0.493 e. The SMILES string of the molecule is CCCCCCCCCCCCOc1ccc(Cl)cc1C. The van der Waals surface area contributed by atoms with Crippen LogP contribution in [0.15, 0.2) is 18.2 Å². The third-order valence-electron chi connectivity index (χ3n) is 3.89. The summed E-state index contributed by atoms with van der Waals surface area (Å²) in [7, 11) is 0. The molecule has 1 nitrogen and oxygen atoms in total. The van der Waals surface area contributed by atoms with Crippen LogP contribution in [0, 0.1) is 6.92 Å². The molecule has 21 heavy (non-hydrogen) atoms. The maximum absolute atomic E-state index is 5.93. The van der Waals surface area contributed by atoms with Gasteiger partial charge in [0.05, 0.1) is 6.61 Å². The summed E-state index contributed by atoms with van der Waals surface area (Å²) in [5.74, 6) is 0.968. The molecule has 0 heterocycles. The van der Waals surface area contributed by atoms with Crippen LogP contribution in [0.4, 0.5) is 0 Å². The minimum Gasteiger partial charge on any atom is -0.493 e. The molecule has 2 heteroatoms. The number of hydrogen-bond acceptors (Lipinski definition) is 1. The lowest BCUT2D eigenvalue weighted by atomic mass is 10.1. The van der Waals surface area contributed by atoms with E-state index in [2.05, 4.69) is 6.92 Å². The fourth-order valence-corrected chi connectivity index (χ4v) is 2.77. The van der Waals surface area contributed by atoms with E-state index in [0.29, 0.717) is 0 Å². The molecule has 1 aromatic carbocycles. The number of aryl methyl sites for hydroxylation is 1. The molecule has 0 saturated carbocycles. The lowest BCUT2D eigenvalue weighted by Gasteiger charge is -2.09. The predicted octanol–water partition coefficient (Wildman–Crippen LogP) is 6.95. The van der Waals surface area contributed by atoms with Crippen LogP contribution in [-0.4, -0.2) is 6.61 Å². The Morgan fingerprint density at radius 3 is 2.00 bits per heavy atom. The van der Waals surface area contributed by atoms with Gasteiger partial charge in [0.15, 0.2) is 0 Å². The highest BCUT2D eigenvalue weighted by atomic mass is 35.5. The van der Waals surface area contributed by atoms with E-state index in [1.54, 1.807) is 0 Å². The van der Waals surface area contributed by atoms with Crippen molar-refractivity contribution < 1.29 is 4.74 Å². The summed E-state index contributed by atoms with van der Waals surface area (Å²) in [6.07, 6.45) is 13.6. The number of hydrogen-bond donors (Lipinski definition) is 0. The molecular weight excluding hydrogens is 280 g/mol. The van der Waals surface area contributed by atoms with Crippen molar-refractivity contribution in [1.82, 2.24) is 0 Å². The van der Waals surface area contributed by atoms with E-state index >= 15 is 0 Å². The summed E-state index contributed by atoms with van der Waals surface area (Å²) in [5.41, 5.74) is 1.12. The average Bonchev–Trinajstić information content (AvgIpc) is 2.46. The standard InChI is InChI=1S/C19H31ClO/c1-3-4-5-6-7-8-9-10-11-12-15-21-19-14-13-18(20)16-17(19)2/h13-14,16H,3-12,15H2,1-2H3. The molecule has 0 radical (unpaired) electrons. The highest BCUT2D eigenvalue weighted by Crippen LogP contribution is 2.22. The second-order valence-electron chi connectivity index (χ2n) is 5.94. The van der Waals surface area contributed by atoms with E-state index in [4.69, 9.17) is 16.3 Å². The van der Waals surface area contributed by atoms with Crippen LogP contribution >= 0.6 is 11.6 Å². The second kappa shape index (κ2) is 11.9. The van der Waals surface area contributed by atoms with Gasteiger partial charge >= 0.3 is 0 Å². The van der Waals surface area contributed by atoms with E-state index < -0.39 is 0 Å². The third-order valence-corrected chi connectivity index (χ3v) is 4.13. The Labute approximate surface area is 136 Å². The summed E-state index contributed by atoms with van der Waals surface area (Å²) in [4.78, 5) is 0. The molecule has 0 amide bonds. The van der Waals surface area contributed by atoms with Gasteiger partial charge in [-0.15, -0.1) is 0 Å². The molecule has 1 aromatic rings. The molecule has 0 fully saturated rings. The van der Waals surface area contributed by atoms with Crippen LogP contribution in [0.3, 0.4) is 0 Å². The van der Waals surface area contributed by atoms with E-state index in [1.807, 2.05) is 25.1 Å². The lowest BCUT2D eigenvalue weighted by molar-refractivity contribution is 0.302. The van der Waals surface area contributed by atoms with E-state index in [0.717, 1.165) is 29.4 Å². The van der Waals surface area contributed by atoms with Gasteiger partial charge in [-0.3, -0.25) is 0 Å². The van der Waals surface area contributed by atoms with E-state index in [1.165, 1.54) is 57.8 Å². The molecule has 0 aliphatic rings. The first-order valence-corrected chi connectivity index (χ1v) is 9.00. The van der Waals surface area contributed by atoms with Crippen LogP contribution in [-0.2, 0) is 0 Å². The first-order chi connectivity index (χ1) is 10.2. The number of unbranched alkanes of at least 4 members (excludes halogenated alkanes) is 9. The highest BCUT2D eigenvalue weighted by molar-refractivity contribution is 6.30. The third kappa shape index (κ3) is 9.03. The smallest absolute Gasteiger partial charge is 0.122 e. The molecule has 0 N–H and O–H groups in total. The van der Waals surface area contributed by atoms with Crippen molar-refractivity contribution >= 4 is 11.6 Å². The Kier molecular flexibility index (Phi) is 10.4. The van der Waals surface area contributed by atoms with Crippen LogP contribution in [0.25, 0.3) is 0 Å². The van der Waals surface area contributed by atoms with E-state index in [9.17, 15) is 0 Å². The number of rotatable bonds is 12. The Bertz CT molecular complexity index is 376. The molecule has 0 unspecified atom stereocenters. The molecule has 0 atom stereocenters. The summed E-state index contributed by atoms with van der Waals surface area (Å²) in [5, 5.41) is 0.777. The Hall–Kier alpha value is -0.690. The van der Waals surface area contributed by atoms with Gasteiger partial charge in [0, 0.05) is 5.02 Å². The van der Waals surface area contributed by atoms with E-state index in [-0.39, 0.29) is 0 Å². The van der Waals surface area contributed by atoms with Crippen LogP contribution < -0.4 is 4.74 Å². The Morgan fingerprint density at radius 1 is 0.857 bits per heavy atom. The van der Waals surface area contributed by atoms with Gasteiger partial charge in [0.25, 0.3) is 0 Å². The van der Waals surface area contributed by atoms with Crippen LogP contribution in [0.2, 0.25) is 5.02 Å². The van der Waals surface area contributed by atoms with Gasteiger partial charge in [0.1, 0.15) is 5.75 Å². The maximum Gasteiger partial charge on any atom is 0.122 e. The summed E-state index contributed by atoms with van der Waals surface area (Å²) in [6.45, 7) is 5.13. The van der Waals surface area contributed by atoms with Gasteiger partial charge < -0.3 is 4.74 Å². The summed E-state index contributed by atoms with van der Waals surface area (Å²) >= 11 is 5.93. The fraction of sp³-hybridized carbons (Fsp3) is 0.684. The highest BCUT2D eigenvalue weighted by Gasteiger charge is 2.00. The van der Waals surface area contributed by atoms with Crippen molar-refractivity contribution in [1.29, 1.82) is 0 Å². The van der Waals surface area contributed by atoms with Crippen LogP contribution in [0.1, 0.15) is 76.7 Å². The molecular formula is C19H31ClO. The topological polar surface area (TPSA) is 9.23 Å². The number of halogens is 1. The fourth-order valence-electron chi connectivity index (χ4n) is 2.55. The van der Waals surface area contributed by atoms with Crippen molar-refractivity contribution in [2.75, 3.05) is 6.61 Å². The number of benzene rings is 1. The first-order valence-electron chi connectivity index (χ1n) is 8.63. The monoisotopic (exact) mass is 310 g/mol. The molecule has 0 saturated heterocycles.